The van der Waals surface area contributed by atoms with Crippen LogP contribution in [0.2, 0.25) is 0 Å². The number of nitrogens with one attached hydrogen (secondary N) is 3. The Labute approximate surface area is 305 Å². The molecule has 6 rings (SSSR count). The molecule has 1 aromatic carbocycles. The Morgan fingerprint density at radius 2 is 1.94 bits per heavy atom. The summed E-state index contributed by atoms with van der Waals surface area (Å²) >= 11 is 0. The molecule has 0 aromatic heterocycles. The summed E-state index contributed by atoms with van der Waals surface area (Å²) in [6, 6.07) is 3.42. The molecule has 14 nitrogen and oxygen atoms in total. The lowest BCUT2D eigenvalue weighted by Gasteiger charge is -2.30. The molecule has 2 saturated carbocycles. The van der Waals surface area contributed by atoms with Gasteiger partial charge in [-0.15, -0.1) is 6.58 Å². The first kappa shape index (κ1) is 37.4. The third-order valence-electron chi connectivity index (χ3n) is 10.8. The zero-order valence-electron chi connectivity index (χ0n) is 30.0. The summed E-state index contributed by atoms with van der Waals surface area (Å²) in [7, 11) is -2.22. The molecule has 2 aliphatic carbocycles. The molecule has 3 aliphatic heterocycles. The molecule has 1 aromatic rings. The first-order valence-corrected chi connectivity index (χ1v) is 20.0. The molecule has 3 heterocycles. The van der Waals surface area contributed by atoms with Gasteiger partial charge in [-0.25, -0.2) is 18.0 Å². The van der Waals surface area contributed by atoms with Crippen LogP contribution >= 0.6 is 0 Å². The molecule has 282 valence electrons. The SMILES string of the molecule is C=C[C@H]1C[C@]1(NC(=O)[C@@H]1C[C@@H]2CN1C(=O)[C@H](CCCC)NC(=O)N(C)CCCC/C=C/c1cccc3c1CN(C3)C(=O)O2)C(=O)NS(=O)(=O)C1CC1. The number of nitrogens with zero attached hydrogens (tertiary/aromatic N) is 3. The normalized spacial score (nSPS) is 28.8. The molecular weight excluding hydrogens is 689 g/mol. The summed E-state index contributed by atoms with van der Waals surface area (Å²) < 4.78 is 33.4. The van der Waals surface area contributed by atoms with E-state index in [-0.39, 0.29) is 19.4 Å². The number of rotatable bonds is 9. The molecule has 52 heavy (non-hydrogen) atoms. The van der Waals surface area contributed by atoms with Gasteiger partial charge in [0.05, 0.1) is 18.3 Å². The Kier molecular flexibility index (Phi) is 11.0. The summed E-state index contributed by atoms with van der Waals surface area (Å²) in [6.07, 6.45) is 9.37. The monoisotopic (exact) mass is 738 g/mol. The molecule has 6 amide bonds. The minimum absolute atomic E-state index is 0.0523. The summed E-state index contributed by atoms with van der Waals surface area (Å²) in [5.74, 6) is -2.56. The minimum Gasteiger partial charge on any atom is -0.444 e. The second-order valence-corrected chi connectivity index (χ2v) is 16.7. The van der Waals surface area contributed by atoms with Crippen LogP contribution < -0.4 is 15.4 Å². The Morgan fingerprint density at radius 1 is 1.15 bits per heavy atom. The lowest BCUT2D eigenvalue weighted by Crippen LogP contribution is -2.58. The molecule has 3 fully saturated rings. The van der Waals surface area contributed by atoms with Crippen LogP contribution in [0.15, 0.2) is 36.9 Å². The van der Waals surface area contributed by atoms with Crippen LogP contribution in [0.25, 0.3) is 6.08 Å². The van der Waals surface area contributed by atoms with E-state index in [2.05, 4.69) is 34.1 Å². The predicted octanol–water partition coefficient (Wildman–Crippen LogP) is 3.17. The number of allylic oxidation sites excluding steroid dienone is 1. The second-order valence-electron chi connectivity index (χ2n) is 14.7. The van der Waals surface area contributed by atoms with Gasteiger partial charge in [0.25, 0.3) is 5.91 Å². The van der Waals surface area contributed by atoms with Crippen molar-refractivity contribution in [2.45, 2.75) is 113 Å². The quantitative estimate of drug-likeness (QED) is 0.324. The van der Waals surface area contributed by atoms with E-state index in [4.69, 9.17) is 4.74 Å². The number of hydrogen-bond acceptors (Lipinski definition) is 8. The number of benzene rings is 1. The Morgan fingerprint density at radius 3 is 2.65 bits per heavy atom. The van der Waals surface area contributed by atoms with Crippen molar-refractivity contribution in [3.05, 3.63) is 53.6 Å². The summed E-state index contributed by atoms with van der Waals surface area (Å²) in [6.45, 7) is 6.83. The van der Waals surface area contributed by atoms with E-state index in [0.717, 1.165) is 42.4 Å². The standard InChI is InChI=1S/C37H50N6O8S/c1-4-6-15-30-33(45)43-22-27(19-31(43)32(44)39-37(20-26(37)5-2)34(46)40-52(49,50)28-16-17-28)51-36(48)42-21-25-14-11-13-24(29(25)23-42)12-9-7-8-10-18-41(3)35(47)38-30/h5,9,11-14,26-28,30-31H,2,4,6-8,10,15-23H2,1,3H3,(H,38,47)(H,39,44)(H,40,46)/b12-9+/t26-,27+,30-,31-,37+/m0/s1. The molecule has 15 heteroatoms. The number of fused-ring (bicyclic) bond motifs is 3. The van der Waals surface area contributed by atoms with Crippen molar-refractivity contribution in [2.75, 3.05) is 20.1 Å². The van der Waals surface area contributed by atoms with Crippen molar-refractivity contribution in [3.8, 4) is 0 Å². The lowest BCUT2D eigenvalue weighted by molar-refractivity contribution is -0.141. The van der Waals surface area contributed by atoms with Crippen LogP contribution in [0, 0.1) is 5.92 Å². The zero-order chi connectivity index (χ0) is 37.2. The topological polar surface area (TPSA) is 175 Å². The maximum absolute atomic E-state index is 14.4. The van der Waals surface area contributed by atoms with Crippen LogP contribution in [0.4, 0.5) is 9.59 Å². The maximum Gasteiger partial charge on any atom is 0.410 e. The highest BCUT2D eigenvalue weighted by Crippen LogP contribution is 2.45. The first-order valence-electron chi connectivity index (χ1n) is 18.4. The predicted molar refractivity (Wildman–Crippen MR) is 193 cm³/mol. The number of amides is 6. The first-order chi connectivity index (χ1) is 24.9. The minimum atomic E-state index is -3.90. The van der Waals surface area contributed by atoms with Crippen LogP contribution in [-0.2, 0) is 42.2 Å². The van der Waals surface area contributed by atoms with Crippen LogP contribution in [0.1, 0.15) is 87.8 Å². The van der Waals surface area contributed by atoms with Crippen molar-refractivity contribution < 1.29 is 37.1 Å². The number of unbranched alkanes of at least 4 members (excludes halogenated alkanes) is 1. The van der Waals surface area contributed by atoms with Gasteiger partial charge in [0, 0.05) is 32.5 Å². The number of carbonyl (C=O) groups excluding carboxylic acids is 5. The van der Waals surface area contributed by atoms with Crippen LogP contribution in [0.5, 0.6) is 0 Å². The molecule has 3 N–H and O–H groups in total. The fraction of sp³-hybridized carbons (Fsp3) is 0.595. The molecule has 0 unspecified atom stereocenters. The van der Waals surface area contributed by atoms with Crippen LogP contribution in [0.3, 0.4) is 0 Å². The smallest absolute Gasteiger partial charge is 0.410 e. The number of urea groups is 1. The highest BCUT2D eigenvalue weighted by atomic mass is 32.2. The van der Waals surface area contributed by atoms with Gasteiger partial charge in [0.2, 0.25) is 21.8 Å². The fourth-order valence-corrected chi connectivity index (χ4v) is 8.76. The third kappa shape index (κ3) is 7.98. The lowest BCUT2D eigenvalue weighted by atomic mass is 10.0. The molecule has 5 aliphatic rings. The van der Waals surface area contributed by atoms with E-state index in [1.807, 2.05) is 25.1 Å². The second kappa shape index (κ2) is 15.3. The highest BCUT2D eigenvalue weighted by Gasteiger charge is 2.62. The molecule has 0 spiro atoms. The molecule has 5 atom stereocenters. The van der Waals surface area contributed by atoms with Gasteiger partial charge in [-0.2, -0.15) is 0 Å². The summed E-state index contributed by atoms with van der Waals surface area (Å²) in [4.78, 5) is 73.4. The summed E-state index contributed by atoms with van der Waals surface area (Å²) in [5, 5.41) is 5.00. The van der Waals surface area contributed by atoms with Gasteiger partial charge in [-0.1, -0.05) is 56.2 Å². The Hall–Kier alpha value is -4.40. The van der Waals surface area contributed by atoms with Gasteiger partial charge < -0.3 is 25.2 Å². The van der Waals surface area contributed by atoms with E-state index < -0.39 is 74.8 Å². The van der Waals surface area contributed by atoms with Crippen molar-refractivity contribution in [2.24, 2.45) is 5.92 Å². The fourth-order valence-electron chi connectivity index (χ4n) is 7.39. The maximum atomic E-state index is 14.4. The van der Waals surface area contributed by atoms with E-state index >= 15 is 0 Å². The van der Waals surface area contributed by atoms with Crippen LogP contribution in [-0.4, -0.2) is 102 Å². The molecule has 1 saturated heterocycles. The van der Waals surface area contributed by atoms with Crippen molar-refractivity contribution >= 4 is 45.9 Å². The average molecular weight is 739 g/mol. The van der Waals surface area contributed by atoms with Gasteiger partial charge in [-0.3, -0.25) is 24.0 Å². The number of hydrogen-bond donors (Lipinski definition) is 3. The van der Waals surface area contributed by atoms with E-state index in [1.54, 1.807) is 16.8 Å². The van der Waals surface area contributed by atoms with E-state index in [0.29, 0.717) is 45.3 Å². The zero-order valence-corrected chi connectivity index (χ0v) is 30.8. The summed E-state index contributed by atoms with van der Waals surface area (Å²) in [5.41, 5.74) is 1.52. The number of carbonyl (C=O) groups is 5. The van der Waals surface area contributed by atoms with Gasteiger partial charge >= 0.3 is 12.1 Å². The number of sulfonamides is 1. The van der Waals surface area contributed by atoms with Crippen molar-refractivity contribution in [1.29, 1.82) is 0 Å². The molecular formula is C37H50N6O8S. The van der Waals surface area contributed by atoms with Crippen molar-refractivity contribution in [3.63, 3.8) is 0 Å². The van der Waals surface area contributed by atoms with Crippen molar-refractivity contribution in [1.82, 2.24) is 30.1 Å². The van der Waals surface area contributed by atoms with E-state index in [1.165, 1.54) is 11.0 Å². The van der Waals surface area contributed by atoms with E-state index in [9.17, 15) is 32.4 Å². The Balaban J connectivity index is 1.27. The van der Waals surface area contributed by atoms with Gasteiger partial charge in [-0.05, 0) is 61.6 Å². The van der Waals surface area contributed by atoms with Gasteiger partial charge in [0.15, 0.2) is 0 Å². The van der Waals surface area contributed by atoms with Gasteiger partial charge in [0.1, 0.15) is 23.7 Å². The third-order valence-corrected chi connectivity index (χ3v) is 12.7. The highest BCUT2D eigenvalue weighted by molar-refractivity contribution is 7.91. The largest absolute Gasteiger partial charge is 0.444 e. The average Bonchev–Trinajstić information content (AvgIpc) is 4.01. The Bertz CT molecular complexity index is 1740. The molecule has 0 radical (unpaired) electrons. The number of ether oxygens (including phenoxy) is 1. The molecule has 4 bridgehead atoms.